The molecule has 0 aromatic heterocycles. The molecular formula is C20H24N2O2. The zero-order chi connectivity index (χ0) is 17.2. The van der Waals surface area contributed by atoms with Crippen LogP contribution in [-0.4, -0.2) is 5.91 Å². The van der Waals surface area contributed by atoms with E-state index in [0.717, 1.165) is 29.8 Å². The van der Waals surface area contributed by atoms with Crippen LogP contribution < -0.4 is 10.6 Å². The average molecular weight is 324 g/mol. The lowest BCUT2D eigenvalue weighted by Crippen LogP contribution is -2.37. The van der Waals surface area contributed by atoms with Crippen molar-refractivity contribution in [3.63, 3.8) is 0 Å². The number of nitrogens with one attached hydrogen (secondary N) is 2. The summed E-state index contributed by atoms with van der Waals surface area (Å²) in [5.74, 6) is -0.0697. The molecule has 0 unspecified atom stereocenters. The van der Waals surface area contributed by atoms with Gasteiger partial charge in [0.1, 0.15) is 0 Å². The second-order valence-electron chi connectivity index (χ2n) is 6.19. The van der Waals surface area contributed by atoms with Crippen LogP contribution in [-0.2, 0) is 15.1 Å². The maximum Gasteiger partial charge on any atom is 0.221 e. The molecule has 0 saturated heterocycles. The number of hydrogen-bond acceptors (Lipinski definition) is 3. The average Bonchev–Trinajstić information content (AvgIpc) is 2.61. The summed E-state index contributed by atoms with van der Waals surface area (Å²) in [7, 11) is 0. The first-order valence-corrected chi connectivity index (χ1v) is 8.49. The molecule has 1 aliphatic heterocycles. The van der Waals surface area contributed by atoms with Gasteiger partial charge in [0, 0.05) is 29.4 Å². The number of rotatable bonds is 4. The third-order valence-corrected chi connectivity index (χ3v) is 4.72. The van der Waals surface area contributed by atoms with Gasteiger partial charge in [-0.05, 0) is 31.0 Å². The molecule has 4 nitrogen and oxygen atoms in total. The number of anilines is 2. The van der Waals surface area contributed by atoms with Crippen LogP contribution in [0.2, 0.25) is 0 Å². The van der Waals surface area contributed by atoms with Gasteiger partial charge in [0.05, 0.1) is 5.60 Å². The maximum absolute atomic E-state index is 11.2. The first-order chi connectivity index (χ1) is 11.6. The van der Waals surface area contributed by atoms with Crippen LogP contribution in [0.4, 0.5) is 11.4 Å². The van der Waals surface area contributed by atoms with Crippen molar-refractivity contribution in [2.24, 2.45) is 0 Å². The molecule has 1 heterocycles. The number of carbonyl (C=O) groups excluding carboxylic acids is 1. The van der Waals surface area contributed by atoms with E-state index in [-0.39, 0.29) is 17.7 Å². The number of benzene rings is 2. The minimum Gasteiger partial charge on any atom is -0.356 e. The predicted molar refractivity (Wildman–Crippen MR) is 96.9 cm³/mol. The summed E-state index contributed by atoms with van der Waals surface area (Å²) in [5, 5.41) is 6.28. The molecule has 126 valence electrons. The summed E-state index contributed by atoms with van der Waals surface area (Å²) in [5.41, 5.74) is 3.91. The summed E-state index contributed by atoms with van der Waals surface area (Å²) >= 11 is 0. The summed E-state index contributed by atoms with van der Waals surface area (Å²) < 4.78 is 6.51. The zero-order valence-electron chi connectivity index (χ0n) is 14.4. The lowest BCUT2D eigenvalue weighted by Gasteiger charge is -2.43. The molecule has 1 atom stereocenters. The minimum atomic E-state index is -0.275. The largest absolute Gasteiger partial charge is 0.356 e. The maximum atomic E-state index is 11.2. The normalized spacial score (nSPS) is 18.4. The highest BCUT2D eigenvalue weighted by Gasteiger charge is 2.38. The summed E-state index contributed by atoms with van der Waals surface area (Å²) in [6.07, 6.45) is 1.64. The lowest BCUT2D eigenvalue weighted by molar-refractivity contribution is -0.114. The molecule has 1 aliphatic rings. The Labute approximate surface area is 143 Å². The lowest BCUT2D eigenvalue weighted by atomic mass is 9.85. The monoisotopic (exact) mass is 324 g/mol. The Morgan fingerprint density at radius 1 is 1.12 bits per heavy atom. The van der Waals surface area contributed by atoms with Gasteiger partial charge in [-0.25, -0.2) is 0 Å². The quantitative estimate of drug-likeness (QED) is 0.849. The SMILES string of the molecule is CCC1(CC)O[C@@H](c2ccc(NC(C)=O)cc2)Nc2ccccc21. The van der Waals surface area contributed by atoms with E-state index in [2.05, 4.69) is 42.7 Å². The van der Waals surface area contributed by atoms with Crippen LogP contribution in [0, 0.1) is 0 Å². The van der Waals surface area contributed by atoms with Crippen molar-refractivity contribution >= 4 is 17.3 Å². The van der Waals surface area contributed by atoms with Crippen molar-refractivity contribution in [3.05, 3.63) is 59.7 Å². The predicted octanol–water partition coefficient (Wildman–Crippen LogP) is 4.80. The minimum absolute atomic E-state index is 0.0697. The van der Waals surface area contributed by atoms with Gasteiger partial charge in [-0.1, -0.05) is 44.2 Å². The van der Waals surface area contributed by atoms with E-state index >= 15 is 0 Å². The molecule has 0 spiro atoms. The molecule has 4 heteroatoms. The van der Waals surface area contributed by atoms with E-state index in [0.29, 0.717) is 0 Å². The zero-order valence-corrected chi connectivity index (χ0v) is 14.4. The first kappa shape index (κ1) is 16.5. The van der Waals surface area contributed by atoms with E-state index in [9.17, 15) is 4.79 Å². The molecule has 0 radical (unpaired) electrons. The van der Waals surface area contributed by atoms with Gasteiger partial charge in [0.25, 0.3) is 0 Å². The molecule has 2 aromatic rings. The summed E-state index contributed by atoms with van der Waals surface area (Å²) in [6.45, 7) is 5.85. The topological polar surface area (TPSA) is 50.4 Å². The van der Waals surface area contributed by atoms with Crippen LogP contribution in [0.25, 0.3) is 0 Å². The molecule has 0 fully saturated rings. The van der Waals surface area contributed by atoms with Crippen LogP contribution in [0.15, 0.2) is 48.5 Å². The Morgan fingerprint density at radius 2 is 1.79 bits per heavy atom. The van der Waals surface area contributed by atoms with Gasteiger partial charge < -0.3 is 15.4 Å². The van der Waals surface area contributed by atoms with E-state index in [1.165, 1.54) is 12.5 Å². The highest BCUT2D eigenvalue weighted by atomic mass is 16.5. The van der Waals surface area contributed by atoms with Crippen molar-refractivity contribution in [2.75, 3.05) is 10.6 Å². The number of hydrogen-bond donors (Lipinski definition) is 2. The van der Waals surface area contributed by atoms with E-state index in [1.54, 1.807) is 0 Å². The molecular weight excluding hydrogens is 300 g/mol. The van der Waals surface area contributed by atoms with E-state index < -0.39 is 0 Å². The fourth-order valence-electron chi connectivity index (χ4n) is 3.36. The first-order valence-electron chi connectivity index (χ1n) is 8.49. The molecule has 2 N–H and O–H groups in total. The van der Waals surface area contributed by atoms with Gasteiger partial charge in [-0.2, -0.15) is 0 Å². The van der Waals surface area contributed by atoms with Gasteiger partial charge in [0.15, 0.2) is 6.23 Å². The highest BCUT2D eigenvalue weighted by molar-refractivity contribution is 5.88. The summed E-state index contributed by atoms with van der Waals surface area (Å²) in [4.78, 5) is 11.2. The van der Waals surface area contributed by atoms with Crippen molar-refractivity contribution in [1.29, 1.82) is 0 Å². The van der Waals surface area contributed by atoms with Crippen LogP contribution in [0.1, 0.15) is 51.0 Å². The Hall–Kier alpha value is -2.33. The molecule has 0 aliphatic carbocycles. The third-order valence-electron chi connectivity index (χ3n) is 4.72. The smallest absolute Gasteiger partial charge is 0.221 e. The van der Waals surface area contributed by atoms with Crippen LogP contribution in [0.3, 0.4) is 0 Å². The van der Waals surface area contributed by atoms with Gasteiger partial charge in [-0.3, -0.25) is 4.79 Å². The standard InChI is InChI=1S/C20H24N2O2/c1-4-20(5-2)17-8-6-7-9-18(17)22-19(24-20)15-10-12-16(13-11-15)21-14(3)23/h6-13,19,22H,4-5H2,1-3H3,(H,21,23)/t19-/m0/s1. The van der Waals surface area contributed by atoms with Gasteiger partial charge in [0.2, 0.25) is 5.91 Å². The molecule has 0 bridgehead atoms. The molecule has 0 saturated carbocycles. The van der Waals surface area contributed by atoms with Crippen molar-refractivity contribution in [2.45, 2.75) is 45.4 Å². The van der Waals surface area contributed by atoms with E-state index in [4.69, 9.17) is 4.74 Å². The van der Waals surface area contributed by atoms with Crippen molar-refractivity contribution in [1.82, 2.24) is 0 Å². The highest BCUT2D eigenvalue weighted by Crippen LogP contribution is 2.45. The number of carbonyl (C=O) groups is 1. The second-order valence-corrected chi connectivity index (χ2v) is 6.19. The van der Waals surface area contributed by atoms with Crippen LogP contribution in [0.5, 0.6) is 0 Å². The van der Waals surface area contributed by atoms with Gasteiger partial charge >= 0.3 is 0 Å². The molecule has 24 heavy (non-hydrogen) atoms. The van der Waals surface area contributed by atoms with Crippen molar-refractivity contribution in [3.8, 4) is 0 Å². The Bertz CT molecular complexity index is 721. The fourth-order valence-corrected chi connectivity index (χ4v) is 3.36. The third kappa shape index (κ3) is 3.02. The number of amides is 1. The Kier molecular flexibility index (Phi) is 4.58. The Morgan fingerprint density at radius 3 is 2.42 bits per heavy atom. The number of fused-ring (bicyclic) bond motifs is 1. The molecule has 2 aromatic carbocycles. The molecule has 3 rings (SSSR count). The number of ether oxygens (including phenoxy) is 1. The van der Waals surface area contributed by atoms with Crippen molar-refractivity contribution < 1.29 is 9.53 Å². The number of para-hydroxylation sites is 1. The Balaban J connectivity index is 1.92. The van der Waals surface area contributed by atoms with E-state index in [1.807, 2.05) is 30.3 Å². The summed E-state index contributed by atoms with van der Waals surface area (Å²) in [6, 6.07) is 16.2. The fraction of sp³-hybridized carbons (Fsp3) is 0.350. The molecule has 1 amide bonds. The second kappa shape index (κ2) is 6.65. The van der Waals surface area contributed by atoms with Crippen LogP contribution >= 0.6 is 0 Å². The van der Waals surface area contributed by atoms with Gasteiger partial charge in [-0.15, -0.1) is 0 Å².